The van der Waals surface area contributed by atoms with Gasteiger partial charge in [0.15, 0.2) is 0 Å². The van der Waals surface area contributed by atoms with Crippen LogP contribution in [-0.2, 0) is 0 Å². The summed E-state index contributed by atoms with van der Waals surface area (Å²) in [5.41, 5.74) is 1.27. The number of rotatable bonds is 4. The van der Waals surface area contributed by atoms with E-state index in [1.54, 1.807) is 12.1 Å². The van der Waals surface area contributed by atoms with Gasteiger partial charge in [0.1, 0.15) is 17.3 Å². The molecule has 0 unspecified atom stereocenters. The number of hydrogen-bond donors (Lipinski definition) is 2. The number of fused-ring (bicyclic) bond motifs is 1. The van der Waals surface area contributed by atoms with Crippen LogP contribution in [0.2, 0.25) is 5.02 Å². The van der Waals surface area contributed by atoms with E-state index in [0.29, 0.717) is 27.6 Å². The number of phenolic OH excluding ortho intramolecular Hbond substituents is 1. The molecule has 5 nitrogen and oxygen atoms in total. The molecule has 1 aromatic heterocycles. The van der Waals surface area contributed by atoms with Crippen LogP contribution in [0.25, 0.3) is 21.9 Å². The number of aromatic nitrogens is 2. The topological polar surface area (TPSA) is 67.3 Å². The Kier molecular flexibility index (Phi) is 5.64. The van der Waals surface area contributed by atoms with Gasteiger partial charge in [-0.2, -0.15) is 5.10 Å². The molecule has 2 heterocycles. The zero-order chi connectivity index (χ0) is 22.1. The zero-order valence-corrected chi connectivity index (χ0v) is 17.9. The molecule has 0 spiro atoms. The first kappa shape index (κ1) is 20.7. The summed E-state index contributed by atoms with van der Waals surface area (Å²) in [6.07, 6.45) is 1.88. The van der Waals surface area contributed by atoms with E-state index >= 15 is 0 Å². The highest BCUT2D eigenvalue weighted by molar-refractivity contribution is 6.34. The number of piperidine rings is 1. The normalized spacial score (nSPS) is 14.6. The molecule has 2 N–H and O–H groups in total. The van der Waals surface area contributed by atoms with Crippen molar-refractivity contribution in [1.29, 1.82) is 0 Å². The molecular formula is C25H21ClFN3O2. The Balaban J connectivity index is 1.72. The van der Waals surface area contributed by atoms with Crippen molar-refractivity contribution in [1.82, 2.24) is 15.5 Å². The molecule has 5 rings (SSSR count). The van der Waals surface area contributed by atoms with Crippen molar-refractivity contribution >= 4 is 22.4 Å². The third-order valence-corrected chi connectivity index (χ3v) is 6.12. The van der Waals surface area contributed by atoms with Crippen LogP contribution in [0.15, 0.2) is 60.7 Å². The van der Waals surface area contributed by atoms with Crippen LogP contribution in [0.1, 0.15) is 24.5 Å². The summed E-state index contributed by atoms with van der Waals surface area (Å²) >= 11 is 6.63. The summed E-state index contributed by atoms with van der Waals surface area (Å²) in [4.78, 5) is 0. The minimum Gasteiger partial charge on any atom is -0.507 e. The largest absolute Gasteiger partial charge is 0.507 e. The number of aromatic hydroxyl groups is 1. The molecule has 3 aromatic carbocycles. The monoisotopic (exact) mass is 449 g/mol. The maximum atomic E-state index is 14.6. The highest BCUT2D eigenvalue weighted by Gasteiger charge is 2.24. The van der Waals surface area contributed by atoms with Crippen LogP contribution in [-0.4, -0.2) is 28.4 Å². The predicted molar refractivity (Wildman–Crippen MR) is 123 cm³/mol. The minimum atomic E-state index is -0.558. The number of phenols is 1. The summed E-state index contributed by atoms with van der Waals surface area (Å²) in [5.74, 6) is 0.413. The fourth-order valence-corrected chi connectivity index (χ4v) is 4.47. The van der Waals surface area contributed by atoms with Gasteiger partial charge in [0.05, 0.1) is 11.3 Å². The number of para-hydroxylation sites is 1. The highest BCUT2D eigenvalue weighted by atomic mass is 35.5. The standard InChI is InChI=1S/C25H21ClFN3O2/c26-20-14-17-18(13-19(20)23-21(27)7-4-8-22(23)31)25(32-16-5-2-1-3-6-16)30-29-24(17)15-9-11-28-12-10-15/h1-8,13-15,28,31H,9-12H2. The molecule has 162 valence electrons. The predicted octanol–water partition coefficient (Wildman–Crippen LogP) is 6.05. The molecule has 1 fully saturated rings. The molecule has 0 saturated carbocycles. The van der Waals surface area contributed by atoms with E-state index in [0.717, 1.165) is 37.0 Å². The van der Waals surface area contributed by atoms with Gasteiger partial charge in [0, 0.05) is 27.3 Å². The molecule has 1 aliphatic rings. The van der Waals surface area contributed by atoms with Crippen LogP contribution in [0.5, 0.6) is 17.4 Å². The highest BCUT2D eigenvalue weighted by Crippen LogP contribution is 2.42. The second-order valence-electron chi connectivity index (χ2n) is 7.84. The molecule has 0 atom stereocenters. The summed E-state index contributed by atoms with van der Waals surface area (Å²) in [5, 5.41) is 24.4. The molecule has 0 amide bonds. The number of hydrogen-bond acceptors (Lipinski definition) is 5. The number of nitrogens with one attached hydrogen (secondary N) is 1. The molecule has 0 aliphatic carbocycles. The Morgan fingerprint density at radius 1 is 0.969 bits per heavy atom. The summed E-state index contributed by atoms with van der Waals surface area (Å²) in [6.45, 7) is 1.82. The lowest BCUT2D eigenvalue weighted by atomic mass is 9.90. The van der Waals surface area contributed by atoms with E-state index in [2.05, 4.69) is 15.5 Å². The maximum absolute atomic E-state index is 14.6. The quantitative estimate of drug-likeness (QED) is 0.396. The van der Waals surface area contributed by atoms with Gasteiger partial charge in [-0.25, -0.2) is 4.39 Å². The van der Waals surface area contributed by atoms with Crippen molar-refractivity contribution in [3.8, 4) is 28.5 Å². The lowest BCUT2D eigenvalue weighted by Crippen LogP contribution is -2.27. The third kappa shape index (κ3) is 3.87. The summed E-state index contributed by atoms with van der Waals surface area (Å²) in [7, 11) is 0. The number of nitrogens with zero attached hydrogens (tertiary/aromatic N) is 2. The fraction of sp³-hybridized carbons (Fsp3) is 0.200. The zero-order valence-electron chi connectivity index (χ0n) is 17.2. The summed E-state index contributed by atoms with van der Waals surface area (Å²) in [6, 6.07) is 17.0. The van der Waals surface area contributed by atoms with E-state index in [9.17, 15) is 9.50 Å². The Labute approximate surface area is 189 Å². The first-order valence-corrected chi connectivity index (χ1v) is 10.9. The summed E-state index contributed by atoms with van der Waals surface area (Å²) < 4.78 is 20.7. The van der Waals surface area contributed by atoms with Crippen molar-refractivity contribution < 1.29 is 14.2 Å². The molecule has 1 saturated heterocycles. The van der Waals surface area contributed by atoms with Crippen LogP contribution in [0, 0.1) is 5.82 Å². The van der Waals surface area contributed by atoms with Gasteiger partial charge >= 0.3 is 0 Å². The average molecular weight is 450 g/mol. The van der Waals surface area contributed by atoms with Gasteiger partial charge in [-0.1, -0.05) is 35.9 Å². The number of ether oxygens (including phenoxy) is 1. The van der Waals surface area contributed by atoms with Gasteiger partial charge in [-0.3, -0.25) is 0 Å². The van der Waals surface area contributed by atoms with Crippen molar-refractivity contribution in [3.63, 3.8) is 0 Å². The van der Waals surface area contributed by atoms with Gasteiger partial charge in [-0.15, -0.1) is 5.10 Å². The van der Waals surface area contributed by atoms with Gasteiger partial charge < -0.3 is 15.2 Å². The second kappa shape index (κ2) is 8.73. The molecular weight excluding hydrogens is 429 g/mol. The van der Waals surface area contributed by atoms with E-state index < -0.39 is 5.82 Å². The molecule has 0 bridgehead atoms. The molecule has 1 aliphatic heterocycles. The third-order valence-electron chi connectivity index (χ3n) is 5.81. The van der Waals surface area contributed by atoms with Gasteiger partial charge in [-0.05, 0) is 62.3 Å². The van der Waals surface area contributed by atoms with E-state index in [1.807, 2.05) is 30.3 Å². The lowest BCUT2D eigenvalue weighted by molar-refractivity contribution is 0.440. The van der Waals surface area contributed by atoms with E-state index in [1.165, 1.54) is 18.2 Å². The van der Waals surface area contributed by atoms with Gasteiger partial charge in [0.25, 0.3) is 0 Å². The molecule has 0 radical (unpaired) electrons. The molecule has 4 aromatic rings. The first-order valence-electron chi connectivity index (χ1n) is 10.5. The SMILES string of the molecule is Oc1cccc(F)c1-c1cc2c(Oc3ccccc3)nnc(C3CCNCC3)c2cc1Cl. The molecule has 32 heavy (non-hydrogen) atoms. The Morgan fingerprint density at radius 2 is 1.75 bits per heavy atom. The van der Waals surface area contributed by atoms with E-state index in [-0.39, 0.29) is 17.2 Å². The number of benzene rings is 3. The van der Waals surface area contributed by atoms with Crippen LogP contribution < -0.4 is 10.1 Å². The minimum absolute atomic E-state index is 0.0466. The van der Waals surface area contributed by atoms with Gasteiger partial charge in [0.2, 0.25) is 5.88 Å². The van der Waals surface area contributed by atoms with Crippen molar-refractivity contribution in [3.05, 3.63) is 77.2 Å². The number of halogens is 2. The second-order valence-corrected chi connectivity index (χ2v) is 8.25. The Morgan fingerprint density at radius 3 is 2.50 bits per heavy atom. The maximum Gasteiger partial charge on any atom is 0.246 e. The van der Waals surface area contributed by atoms with Crippen molar-refractivity contribution in [2.75, 3.05) is 13.1 Å². The Bertz CT molecular complexity index is 1260. The lowest BCUT2D eigenvalue weighted by Gasteiger charge is -2.23. The Hall–Kier alpha value is -3.22. The van der Waals surface area contributed by atoms with Crippen molar-refractivity contribution in [2.45, 2.75) is 18.8 Å². The fourth-order valence-electron chi connectivity index (χ4n) is 4.21. The van der Waals surface area contributed by atoms with Crippen LogP contribution >= 0.6 is 11.6 Å². The first-order chi connectivity index (χ1) is 15.6. The van der Waals surface area contributed by atoms with Crippen molar-refractivity contribution in [2.24, 2.45) is 0 Å². The van der Waals surface area contributed by atoms with Crippen LogP contribution in [0.3, 0.4) is 0 Å². The van der Waals surface area contributed by atoms with E-state index in [4.69, 9.17) is 16.3 Å². The smallest absolute Gasteiger partial charge is 0.246 e. The average Bonchev–Trinajstić information content (AvgIpc) is 2.81. The molecule has 7 heteroatoms. The van der Waals surface area contributed by atoms with Crippen LogP contribution in [0.4, 0.5) is 4.39 Å².